The van der Waals surface area contributed by atoms with E-state index in [1.165, 1.54) is 4.68 Å². The van der Waals surface area contributed by atoms with Crippen molar-refractivity contribution >= 4 is 23.3 Å². The summed E-state index contributed by atoms with van der Waals surface area (Å²) in [5, 5.41) is 17.8. The first-order chi connectivity index (χ1) is 15.4. The lowest BCUT2D eigenvalue weighted by atomic mass is 9.47. The number of carbonyl (C=O) groups is 1. The number of ether oxygens (including phenoxy) is 2. The van der Waals surface area contributed by atoms with Gasteiger partial charge in [-0.1, -0.05) is 17.7 Å². The van der Waals surface area contributed by atoms with Crippen molar-refractivity contribution in [2.45, 2.75) is 50.6 Å². The molecule has 2 heterocycles. The van der Waals surface area contributed by atoms with Gasteiger partial charge in [0.1, 0.15) is 5.02 Å². The minimum Gasteiger partial charge on any atom is -0.481 e. The zero-order chi connectivity index (χ0) is 22.1. The van der Waals surface area contributed by atoms with Gasteiger partial charge in [0, 0.05) is 6.54 Å². The molecule has 0 spiro atoms. The van der Waals surface area contributed by atoms with Crippen LogP contribution in [-0.2, 0) is 16.9 Å². The summed E-state index contributed by atoms with van der Waals surface area (Å²) in [6.07, 6.45) is 6.10. The lowest BCUT2D eigenvalue weighted by Gasteiger charge is -2.60. The molecule has 5 aliphatic rings. The maximum absolute atomic E-state index is 13.3. The number of fused-ring (bicyclic) bond motifs is 1. The predicted octanol–water partition coefficient (Wildman–Crippen LogP) is 3.62. The zero-order valence-electron chi connectivity index (χ0n) is 17.5. The number of carboxylic acid groups (broad SMARTS) is 1. The maximum atomic E-state index is 13.3. The Morgan fingerprint density at radius 2 is 1.97 bits per heavy atom. The molecule has 0 amide bonds. The Bertz CT molecular complexity index is 1160. The number of nitrogens with one attached hydrogen (secondary N) is 1. The quantitative estimate of drug-likeness (QED) is 0.706. The summed E-state index contributed by atoms with van der Waals surface area (Å²) in [5.41, 5.74) is -0.236. The molecule has 168 valence electrons. The van der Waals surface area contributed by atoms with E-state index in [1.807, 2.05) is 18.2 Å². The van der Waals surface area contributed by atoms with Crippen LogP contribution < -0.4 is 20.3 Å². The number of carboxylic acids is 1. The number of rotatable bonds is 5. The molecule has 1 aromatic heterocycles. The minimum atomic E-state index is -0.742. The molecule has 4 aliphatic carbocycles. The normalized spacial score (nSPS) is 31.7. The Morgan fingerprint density at radius 3 is 2.72 bits per heavy atom. The summed E-state index contributed by atoms with van der Waals surface area (Å²) in [6.45, 7) is 0.658. The molecule has 0 radical (unpaired) electrons. The van der Waals surface area contributed by atoms with Crippen molar-refractivity contribution in [2.24, 2.45) is 17.3 Å². The van der Waals surface area contributed by atoms with Crippen LogP contribution in [0, 0.1) is 17.3 Å². The standard InChI is InChI=1S/C23H24ClN3O5/c24-19-16(25-9-13-1-2-17-18(4-13)32-12-31-17)10-26-27(20(19)28)23-7-14-3-15(8-23)6-22(5-14,11-23)21(29)30/h1-2,4,10,14-15,25H,3,5-9,11-12H2,(H,29,30)/t14-,15-,22?,23?/m1/s1. The monoisotopic (exact) mass is 457 g/mol. The van der Waals surface area contributed by atoms with Crippen LogP contribution in [0.3, 0.4) is 0 Å². The van der Waals surface area contributed by atoms with Crippen molar-refractivity contribution in [1.82, 2.24) is 9.78 Å². The van der Waals surface area contributed by atoms with Gasteiger partial charge < -0.3 is 19.9 Å². The molecule has 4 fully saturated rings. The van der Waals surface area contributed by atoms with Crippen molar-refractivity contribution in [2.75, 3.05) is 12.1 Å². The van der Waals surface area contributed by atoms with E-state index in [4.69, 9.17) is 21.1 Å². The Kier molecular flexibility index (Phi) is 4.28. The van der Waals surface area contributed by atoms with Crippen molar-refractivity contribution in [3.63, 3.8) is 0 Å². The van der Waals surface area contributed by atoms with E-state index in [9.17, 15) is 14.7 Å². The molecule has 4 saturated carbocycles. The summed E-state index contributed by atoms with van der Waals surface area (Å²) in [6, 6.07) is 5.66. The van der Waals surface area contributed by atoms with Crippen molar-refractivity contribution in [1.29, 1.82) is 0 Å². The summed E-state index contributed by atoms with van der Waals surface area (Å²) >= 11 is 6.50. The second kappa shape index (κ2) is 6.88. The number of hydrogen-bond donors (Lipinski definition) is 2. The summed E-state index contributed by atoms with van der Waals surface area (Å²) in [5.74, 6) is 1.31. The van der Waals surface area contributed by atoms with E-state index in [1.54, 1.807) is 6.20 Å². The van der Waals surface area contributed by atoms with Gasteiger partial charge in [-0.05, 0) is 68.1 Å². The number of anilines is 1. The first-order valence-electron chi connectivity index (χ1n) is 11.0. The second-order valence-electron chi connectivity index (χ2n) is 9.90. The van der Waals surface area contributed by atoms with Crippen LogP contribution in [0.2, 0.25) is 5.02 Å². The Morgan fingerprint density at radius 1 is 1.22 bits per heavy atom. The van der Waals surface area contributed by atoms with Crippen LogP contribution >= 0.6 is 11.6 Å². The van der Waals surface area contributed by atoms with E-state index in [-0.39, 0.29) is 17.4 Å². The van der Waals surface area contributed by atoms with Crippen molar-refractivity contribution < 1.29 is 19.4 Å². The predicted molar refractivity (Wildman–Crippen MR) is 116 cm³/mol. The van der Waals surface area contributed by atoms with Crippen LogP contribution in [0.5, 0.6) is 11.5 Å². The van der Waals surface area contributed by atoms with Crippen LogP contribution in [0.25, 0.3) is 0 Å². The molecule has 1 aromatic carbocycles. The molecule has 7 rings (SSSR count). The smallest absolute Gasteiger partial charge is 0.309 e. The highest BCUT2D eigenvalue weighted by molar-refractivity contribution is 6.32. The number of halogens is 1. The highest BCUT2D eigenvalue weighted by Gasteiger charge is 2.62. The molecule has 2 aromatic rings. The molecule has 4 bridgehead atoms. The number of benzene rings is 1. The van der Waals surface area contributed by atoms with Gasteiger partial charge in [-0.2, -0.15) is 5.10 Å². The molecule has 9 heteroatoms. The Balaban J connectivity index is 1.28. The Hall–Kier alpha value is -2.74. The number of aromatic nitrogens is 2. The van der Waals surface area contributed by atoms with Crippen molar-refractivity contribution in [3.8, 4) is 11.5 Å². The Labute approximate surface area is 189 Å². The SMILES string of the molecule is O=C(O)C12C[C@H]3C[C@H](C1)CC(n1ncc(NCc4ccc5c(c4)OCO5)c(Cl)c1=O)(C3)C2. The summed E-state index contributed by atoms with van der Waals surface area (Å²) < 4.78 is 12.2. The van der Waals surface area contributed by atoms with Gasteiger partial charge in [0.25, 0.3) is 5.56 Å². The van der Waals surface area contributed by atoms with E-state index in [0.717, 1.165) is 24.8 Å². The molecular formula is C23H24ClN3O5. The van der Waals surface area contributed by atoms with Gasteiger partial charge in [-0.15, -0.1) is 0 Å². The number of aliphatic carboxylic acids is 1. The molecule has 0 saturated heterocycles. The third-order valence-corrected chi connectivity index (χ3v) is 8.14. The fourth-order valence-electron chi connectivity index (χ4n) is 6.85. The third-order valence-electron chi connectivity index (χ3n) is 7.77. The fraction of sp³-hybridized carbons (Fsp3) is 0.522. The van der Waals surface area contributed by atoms with E-state index >= 15 is 0 Å². The third kappa shape index (κ3) is 2.92. The van der Waals surface area contributed by atoms with Gasteiger partial charge in [0.05, 0.1) is 22.8 Å². The van der Waals surface area contributed by atoms with E-state index in [0.29, 0.717) is 54.8 Å². The molecule has 1 aliphatic heterocycles. The number of hydrogen-bond acceptors (Lipinski definition) is 6. The average Bonchev–Trinajstić information content (AvgIpc) is 3.21. The minimum absolute atomic E-state index is 0.0841. The fourth-order valence-corrected chi connectivity index (χ4v) is 7.05. The first kappa shape index (κ1) is 19.9. The second-order valence-corrected chi connectivity index (χ2v) is 10.3. The van der Waals surface area contributed by atoms with Gasteiger partial charge in [0.15, 0.2) is 11.5 Å². The molecule has 8 nitrogen and oxygen atoms in total. The lowest BCUT2D eigenvalue weighted by molar-refractivity contribution is -0.173. The van der Waals surface area contributed by atoms with Gasteiger partial charge in [-0.25, -0.2) is 4.68 Å². The number of nitrogens with zero attached hydrogens (tertiary/aromatic N) is 2. The van der Waals surface area contributed by atoms with Crippen LogP contribution in [0.15, 0.2) is 29.2 Å². The molecule has 32 heavy (non-hydrogen) atoms. The van der Waals surface area contributed by atoms with Gasteiger partial charge in [0.2, 0.25) is 6.79 Å². The molecular weight excluding hydrogens is 434 g/mol. The van der Waals surface area contributed by atoms with Crippen molar-refractivity contribution in [3.05, 3.63) is 45.3 Å². The van der Waals surface area contributed by atoms with Gasteiger partial charge in [-0.3, -0.25) is 9.59 Å². The van der Waals surface area contributed by atoms with E-state index in [2.05, 4.69) is 10.4 Å². The topological polar surface area (TPSA) is 103 Å². The maximum Gasteiger partial charge on any atom is 0.309 e. The van der Waals surface area contributed by atoms with Gasteiger partial charge >= 0.3 is 5.97 Å². The van der Waals surface area contributed by atoms with Crippen LogP contribution in [0.4, 0.5) is 5.69 Å². The molecule has 2 N–H and O–H groups in total. The zero-order valence-corrected chi connectivity index (χ0v) is 18.2. The highest BCUT2D eigenvalue weighted by atomic mass is 35.5. The lowest BCUT2D eigenvalue weighted by Crippen LogP contribution is -2.61. The van der Waals surface area contributed by atoms with Crippen LogP contribution in [-0.4, -0.2) is 27.6 Å². The molecule has 0 unspecified atom stereocenters. The van der Waals surface area contributed by atoms with Crippen LogP contribution in [0.1, 0.15) is 44.1 Å². The first-order valence-corrected chi connectivity index (χ1v) is 11.4. The largest absolute Gasteiger partial charge is 0.481 e. The average molecular weight is 458 g/mol. The van der Waals surface area contributed by atoms with E-state index < -0.39 is 16.9 Å². The highest BCUT2D eigenvalue weighted by Crippen LogP contribution is 2.63. The summed E-state index contributed by atoms with van der Waals surface area (Å²) in [7, 11) is 0. The summed E-state index contributed by atoms with van der Waals surface area (Å²) in [4.78, 5) is 25.5. The molecule has 2 atom stereocenters.